The molecule has 0 saturated heterocycles. The molecular formula is C19H21NO2. The molecule has 0 atom stereocenters. The third-order valence-corrected chi connectivity index (χ3v) is 3.38. The van der Waals surface area contributed by atoms with Crippen molar-refractivity contribution in [3.63, 3.8) is 0 Å². The molecule has 0 spiro atoms. The Balaban J connectivity index is 1.91. The molecule has 0 fully saturated rings. The van der Waals surface area contributed by atoms with Crippen LogP contribution < -0.4 is 5.32 Å². The second kappa shape index (κ2) is 8.15. The molecule has 3 nitrogen and oxygen atoms in total. The third kappa shape index (κ3) is 4.86. The van der Waals surface area contributed by atoms with Crippen LogP contribution in [0.4, 0.5) is 0 Å². The van der Waals surface area contributed by atoms with Crippen LogP contribution in [0.3, 0.4) is 0 Å². The Labute approximate surface area is 131 Å². The summed E-state index contributed by atoms with van der Waals surface area (Å²) in [6, 6.07) is 16.0. The van der Waals surface area contributed by atoms with E-state index in [0.717, 1.165) is 16.7 Å². The van der Waals surface area contributed by atoms with Crippen LogP contribution in [0, 0.1) is 6.92 Å². The van der Waals surface area contributed by atoms with E-state index < -0.39 is 0 Å². The van der Waals surface area contributed by atoms with E-state index in [-0.39, 0.29) is 5.91 Å². The van der Waals surface area contributed by atoms with Gasteiger partial charge in [-0.05, 0) is 29.7 Å². The molecule has 114 valence electrons. The number of amides is 1. The Morgan fingerprint density at radius 3 is 2.45 bits per heavy atom. The molecule has 1 N–H and O–H groups in total. The molecule has 22 heavy (non-hydrogen) atoms. The Hall–Kier alpha value is -2.39. The molecule has 0 radical (unpaired) electrons. The average molecular weight is 295 g/mol. The monoisotopic (exact) mass is 295 g/mol. The fourth-order valence-electron chi connectivity index (χ4n) is 2.12. The van der Waals surface area contributed by atoms with Crippen LogP contribution in [0.15, 0.2) is 54.6 Å². The lowest BCUT2D eigenvalue weighted by Gasteiger charge is -2.08. The minimum Gasteiger partial charge on any atom is -0.380 e. The first kappa shape index (κ1) is 16.0. The van der Waals surface area contributed by atoms with E-state index in [4.69, 9.17) is 4.74 Å². The van der Waals surface area contributed by atoms with Crippen molar-refractivity contribution in [2.24, 2.45) is 0 Å². The van der Waals surface area contributed by atoms with Gasteiger partial charge in [0.1, 0.15) is 0 Å². The van der Waals surface area contributed by atoms with Gasteiger partial charge in [-0.3, -0.25) is 4.79 Å². The summed E-state index contributed by atoms with van der Waals surface area (Å²) in [5.74, 6) is -0.104. The van der Waals surface area contributed by atoms with E-state index in [2.05, 4.69) is 5.32 Å². The summed E-state index contributed by atoms with van der Waals surface area (Å²) in [6.45, 7) is 3.08. The molecule has 3 heteroatoms. The van der Waals surface area contributed by atoms with Crippen LogP contribution in [-0.4, -0.2) is 13.0 Å². The van der Waals surface area contributed by atoms with Crippen molar-refractivity contribution in [1.82, 2.24) is 5.32 Å². The van der Waals surface area contributed by atoms with Crippen molar-refractivity contribution < 1.29 is 9.53 Å². The van der Waals surface area contributed by atoms with Crippen molar-refractivity contribution in [3.8, 4) is 0 Å². The standard InChI is InChI=1S/C19H21NO2/c1-15-7-9-16(10-8-15)11-12-19(21)20-13-17-5-3-4-6-18(17)14-22-2/h3-12H,13-14H2,1-2H3,(H,20,21)/b12-11+. The normalized spacial score (nSPS) is 10.8. The van der Waals surface area contributed by atoms with Gasteiger partial charge in [-0.25, -0.2) is 0 Å². The van der Waals surface area contributed by atoms with Crippen LogP contribution >= 0.6 is 0 Å². The largest absolute Gasteiger partial charge is 0.380 e. The molecular weight excluding hydrogens is 274 g/mol. The van der Waals surface area contributed by atoms with Crippen LogP contribution in [0.25, 0.3) is 6.08 Å². The number of nitrogens with one attached hydrogen (secondary N) is 1. The smallest absolute Gasteiger partial charge is 0.244 e. The fourth-order valence-corrected chi connectivity index (χ4v) is 2.12. The molecule has 2 rings (SSSR count). The van der Waals surface area contributed by atoms with Crippen LogP contribution in [0.2, 0.25) is 0 Å². The first-order chi connectivity index (χ1) is 10.7. The van der Waals surface area contributed by atoms with Gasteiger partial charge in [0.05, 0.1) is 6.61 Å². The number of carbonyl (C=O) groups excluding carboxylic acids is 1. The highest BCUT2D eigenvalue weighted by atomic mass is 16.5. The minimum atomic E-state index is -0.104. The zero-order chi connectivity index (χ0) is 15.8. The van der Waals surface area contributed by atoms with Gasteiger partial charge in [0, 0.05) is 19.7 Å². The molecule has 0 aliphatic carbocycles. The van der Waals surface area contributed by atoms with Gasteiger partial charge >= 0.3 is 0 Å². The van der Waals surface area contributed by atoms with E-state index >= 15 is 0 Å². The molecule has 2 aromatic rings. The van der Waals surface area contributed by atoms with Gasteiger partial charge in [0.25, 0.3) is 0 Å². The Morgan fingerprint density at radius 1 is 1.09 bits per heavy atom. The van der Waals surface area contributed by atoms with Crippen molar-refractivity contribution >= 4 is 12.0 Å². The maximum absolute atomic E-state index is 11.9. The first-order valence-corrected chi connectivity index (χ1v) is 7.27. The maximum Gasteiger partial charge on any atom is 0.244 e. The molecule has 0 heterocycles. The number of hydrogen-bond donors (Lipinski definition) is 1. The Kier molecular flexibility index (Phi) is 5.92. The lowest BCUT2D eigenvalue weighted by Crippen LogP contribution is -2.21. The number of aryl methyl sites for hydroxylation is 1. The number of methoxy groups -OCH3 is 1. The summed E-state index contributed by atoms with van der Waals surface area (Å²) in [6.07, 6.45) is 3.37. The Morgan fingerprint density at radius 2 is 1.77 bits per heavy atom. The Bertz CT molecular complexity index is 645. The lowest BCUT2D eigenvalue weighted by atomic mass is 10.1. The average Bonchev–Trinajstić information content (AvgIpc) is 2.54. The molecule has 1 amide bonds. The van der Waals surface area contributed by atoms with E-state index in [9.17, 15) is 4.79 Å². The van der Waals surface area contributed by atoms with Gasteiger partial charge in [-0.1, -0.05) is 54.1 Å². The van der Waals surface area contributed by atoms with Gasteiger partial charge in [-0.2, -0.15) is 0 Å². The quantitative estimate of drug-likeness (QED) is 0.829. The molecule has 0 unspecified atom stereocenters. The highest BCUT2D eigenvalue weighted by Gasteiger charge is 2.02. The van der Waals surface area contributed by atoms with Gasteiger partial charge < -0.3 is 10.1 Å². The maximum atomic E-state index is 11.9. The summed E-state index contributed by atoms with van der Waals surface area (Å²) in [7, 11) is 1.67. The molecule has 0 bridgehead atoms. The van der Waals surface area contributed by atoms with Crippen LogP contribution in [-0.2, 0) is 22.7 Å². The lowest BCUT2D eigenvalue weighted by molar-refractivity contribution is -0.116. The summed E-state index contributed by atoms with van der Waals surface area (Å²) in [4.78, 5) is 11.9. The summed E-state index contributed by atoms with van der Waals surface area (Å²) < 4.78 is 5.16. The molecule has 2 aromatic carbocycles. The fraction of sp³-hybridized carbons (Fsp3) is 0.211. The topological polar surface area (TPSA) is 38.3 Å². The first-order valence-electron chi connectivity index (χ1n) is 7.27. The number of carbonyl (C=O) groups is 1. The van der Waals surface area contributed by atoms with Gasteiger partial charge in [0.2, 0.25) is 5.91 Å². The van der Waals surface area contributed by atoms with Gasteiger partial charge in [-0.15, -0.1) is 0 Å². The predicted molar refractivity (Wildman–Crippen MR) is 89.2 cm³/mol. The second-order valence-electron chi connectivity index (χ2n) is 5.16. The highest BCUT2D eigenvalue weighted by Crippen LogP contribution is 2.09. The summed E-state index contributed by atoms with van der Waals surface area (Å²) in [5, 5.41) is 2.90. The number of benzene rings is 2. The SMILES string of the molecule is COCc1ccccc1CNC(=O)/C=C/c1ccc(C)cc1. The number of ether oxygens (including phenoxy) is 1. The predicted octanol–water partition coefficient (Wildman–Crippen LogP) is 3.47. The highest BCUT2D eigenvalue weighted by molar-refractivity contribution is 5.91. The summed E-state index contributed by atoms with van der Waals surface area (Å²) in [5.41, 5.74) is 4.38. The molecule has 0 aliphatic heterocycles. The molecule has 0 saturated carbocycles. The van der Waals surface area contributed by atoms with Crippen molar-refractivity contribution in [2.75, 3.05) is 7.11 Å². The van der Waals surface area contributed by atoms with Gasteiger partial charge in [0.15, 0.2) is 0 Å². The van der Waals surface area contributed by atoms with Crippen LogP contribution in [0.1, 0.15) is 22.3 Å². The summed E-state index contributed by atoms with van der Waals surface area (Å²) >= 11 is 0. The zero-order valence-corrected chi connectivity index (χ0v) is 13.0. The third-order valence-electron chi connectivity index (χ3n) is 3.38. The number of rotatable bonds is 6. The van der Waals surface area contributed by atoms with E-state index in [1.165, 1.54) is 5.56 Å². The molecule has 0 aromatic heterocycles. The molecule has 0 aliphatic rings. The van der Waals surface area contributed by atoms with Crippen LogP contribution in [0.5, 0.6) is 0 Å². The van der Waals surface area contributed by atoms with E-state index in [1.54, 1.807) is 13.2 Å². The van der Waals surface area contributed by atoms with Crippen molar-refractivity contribution in [2.45, 2.75) is 20.1 Å². The zero-order valence-electron chi connectivity index (χ0n) is 13.0. The van der Waals surface area contributed by atoms with E-state index in [0.29, 0.717) is 13.2 Å². The number of hydrogen-bond acceptors (Lipinski definition) is 2. The van der Waals surface area contributed by atoms with E-state index in [1.807, 2.05) is 61.5 Å². The van der Waals surface area contributed by atoms with Crippen molar-refractivity contribution in [3.05, 3.63) is 76.9 Å². The minimum absolute atomic E-state index is 0.104. The van der Waals surface area contributed by atoms with Crippen molar-refractivity contribution in [1.29, 1.82) is 0 Å². The second-order valence-corrected chi connectivity index (χ2v) is 5.16.